The van der Waals surface area contributed by atoms with Crippen LogP contribution in [0.2, 0.25) is 0 Å². The molecule has 3 rings (SSSR count). The van der Waals surface area contributed by atoms with Crippen molar-refractivity contribution in [3.05, 3.63) is 24.2 Å². The van der Waals surface area contributed by atoms with Crippen LogP contribution in [0.15, 0.2) is 22.8 Å². The second-order valence-corrected chi connectivity index (χ2v) is 5.05. The van der Waals surface area contributed by atoms with Crippen LogP contribution >= 0.6 is 0 Å². The number of nitrogens with one attached hydrogen (secondary N) is 1. The highest BCUT2D eigenvalue weighted by atomic mass is 16.3. The normalized spacial score (nSPS) is 28.4. The van der Waals surface area contributed by atoms with Crippen molar-refractivity contribution in [2.75, 3.05) is 0 Å². The Morgan fingerprint density at radius 3 is 2.83 bits per heavy atom. The van der Waals surface area contributed by atoms with Crippen LogP contribution in [0.3, 0.4) is 0 Å². The summed E-state index contributed by atoms with van der Waals surface area (Å²) in [5.41, 5.74) is 0. The fraction of sp³-hybridized carbons (Fsp3) is 0.538. The zero-order valence-corrected chi connectivity index (χ0v) is 10.3. The molecule has 1 aromatic heterocycles. The molecule has 1 aromatic rings. The van der Waals surface area contributed by atoms with Crippen molar-refractivity contribution in [3.8, 4) is 0 Å². The monoisotopic (exact) mass is 248 g/mol. The number of carbonyl (C=O) groups excluding carboxylic acids is 2. The van der Waals surface area contributed by atoms with Gasteiger partial charge in [-0.1, -0.05) is 0 Å². The van der Waals surface area contributed by atoms with Gasteiger partial charge in [0.1, 0.15) is 17.8 Å². The summed E-state index contributed by atoms with van der Waals surface area (Å²) in [6.07, 6.45) is 3.63. The van der Waals surface area contributed by atoms with Gasteiger partial charge in [-0.05, 0) is 37.8 Å². The van der Waals surface area contributed by atoms with Crippen molar-refractivity contribution in [1.29, 1.82) is 0 Å². The van der Waals surface area contributed by atoms with Gasteiger partial charge in [0.25, 0.3) is 0 Å². The Morgan fingerprint density at radius 1 is 1.44 bits per heavy atom. The molecule has 1 aliphatic heterocycles. The quantitative estimate of drug-likeness (QED) is 0.864. The molecule has 18 heavy (non-hydrogen) atoms. The van der Waals surface area contributed by atoms with Crippen LogP contribution in [0.4, 0.5) is 0 Å². The first-order chi connectivity index (χ1) is 8.66. The van der Waals surface area contributed by atoms with Gasteiger partial charge >= 0.3 is 0 Å². The van der Waals surface area contributed by atoms with E-state index in [0.717, 1.165) is 12.8 Å². The highest BCUT2D eigenvalue weighted by Crippen LogP contribution is 2.35. The third-order valence-corrected chi connectivity index (χ3v) is 3.69. The minimum absolute atomic E-state index is 0.0148. The van der Waals surface area contributed by atoms with E-state index in [0.29, 0.717) is 18.2 Å². The van der Waals surface area contributed by atoms with E-state index in [9.17, 15) is 9.59 Å². The van der Waals surface area contributed by atoms with Crippen molar-refractivity contribution >= 4 is 11.8 Å². The Labute approximate surface area is 105 Å². The fourth-order valence-corrected chi connectivity index (χ4v) is 2.38. The third kappa shape index (κ3) is 1.89. The molecule has 2 heterocycles. The number of amides is 2. The first-order valence-electron chi connectivity index (χ1n) is 6.30. The maximum absolute atomic E-state index is 12.4. The van der Waals surface area contributed by atoms with E-state index in [1.165, 1.54) is 0 Å². The van der Waals surface area contributed by atoms with E-state index in [1.807, 2.05) is 6.07 Å². The van der Waals surface area contributed by atoms with Crippen LogP contribution in [-0.2, 0) is 16.1 Å². The molecule has 1 aliphatic carbocycles. The van der Waals surface area contributed by atoms with Gasteiger partial charge in [-0.3, -0.25) is 9.59 Å². The lowest BCUT2D eigenvalue weighted by molar-refractivity contribution is -0.150. The van der Waals surface area contributed by atoms with E-state index in [2.05, 4.69) is 5.32 Å². The van der Waals surface area contributed by atoms with Gasteiger partial charge < -0.3 is 14.6 Å². The SMILES string of the molecule is CC1C(=O)NC(C2CC2)C(=O)N1Cc1ccco1. The molecule has 0 spiro atoms. The van der Waals surface area contributed by atoms with Gasteiger partial charge in [0.05, 0.1) is 12.8 Å². The molecule has 1 saturated heterocycles. The van der Waals surface area contributed by atoms with Crippen molar-refractivity contribution in [2.24, 2.45) is 5.92 Å². The third-order valence-electron chi connectivity index (χ3n) is 3.69. The number of hydrogen-bond donors (Lipinski definition) is 1. The number of nitrogens with zero attached hydrogens (tertiary/aromatic N) is 1. The van der Waals surface area contributed by atoms with E-state index in [-0.39, 0.29) is 17.9 Å². The molecule has 2 atom stereocenters. The molecular weight excluding hydrogens is 232 g/mol. The van der Waals surface area contributed by atoms with Crippen LogP contribution in [0.5, 0.6) is 0 Å². The molecular formula is C13H16N2O3. The van der Waals surface area contributed by atoms with Gasteiger partial charge in [0, 0.05) is 0 Å². The zero-order valence-electron chi connectivity index (χ0n) is 10.3. The standard InChI is InChI=1S/C13H16N2O3/c1-8-12(16)14-11(9-4-5-9)13(17)15(8)7-10-3-2-6-18-10/h2-3,6,8-9,11H,4-5,7H2,1H3,(H,14,16). The molecule has 2 fully saturated rings. The molecule has 5 nitrogen and oxygen atoms in total. The number of furan rings is 1. The first kappa shape index (κ1) is 11.3. The molecule has 96 valence electrons. The fourth-order valence-electron chi connectivity index (χ4n) is 2.38. The highest BCUT2D eigenvalue weighted by molar-refractivity contribution is 5.97. The van der Waals surface area contributed by atoms with E-state index in [1.54, 1.807) is 24.2 Å². The predicted molar refractivity (Wildman–Crippen MR) is 63.4 cm³/mol. The summed E-state index contributed by atoms with van der Waals surface area (Å²) in [5, 5.41) is 2.83. The smallest absolute Gasteiger partial charge is 0.246 e. The summed E-state index contributed by atoms with van der Waals surface area (Å²) >= 11 is 0. The van der Waals surface area contributed by atoms with Crippen molar-refractivity contribution < 1.29 is 14.0 Å². The summed E-state index contributed by atoms with van der Waals surface area (Å²) in [4.78, 5) is 25.9. The Kier molecular flexibility index (Phi) is 2.61. The molecule has 0 radical (unpaired) electrons. The molecule has 2 amide bonds. The van der Waals surface area contributed by atoms with Crippen LogP contribution in [0.25, 0.3) is 0 Å². The number of rotatable bonds is 3. The van der Waals surface area contributed by atoms with E-state index >= 15 is 0 Å². The summed E-state index contributed by atoms with van der Waals surface area (Å²) in [6, 6.07) is 2.84. The van der Waals surface area contributed by atoms with E-state index in [4.69, 9.17) is 4.42 Å². The maximum Gasteiger partial charge on any atom is 0.246 e. The first-order valence-corrected chi connectivity index (χ1v) is 6.30. The molecule has 2 unspecified atom stereocenters. The van der Waals surface area contributed by atoms with Gasteiger partial charge in [0.15, 0.2) is 0 Å². The number of hydrogen-bond acceptors (Lipinski definition) is 3. The van der Waals surface area contributed by atoms with Gasteiger partial charge in [-0.15, -0.1) is 0 Å². The van der Waals surface area contributed by atoms with Crippen LogP contribution in [0, 0.1) is 5.92 Å². The average Bonchev–Trinajstić information content (AvgIpc) is 3.07. The summed E-state index contributed by atoms with van der Waals surface area (Å²) in [7, 11) is 0. The van der Waals surface area contributed by atoms with Crippen molar-refractivity contribution in [3.63, 3.8) is 0 Å². The molecule has 5 heteroatoms. The Bertz CT molecular complexity index is 465. The number of carbonyl (C=O) groups is 2. The number of piperazine rings is 1. The van der Waals surface area contributed by atoms with Gasteiger partial charge in [-0.2, -0.15) is 0 Å². The van der Waals surface area contributed by atoms with E-state index < -0.39 is 6.04 Å². The summed E-state index contributed by atoms with van der Waals surface area (Å²) in [5.74, 6) is 0.978. The molecule has 1 N–H and O–H groups in total. The molecule has 2 aliphatic rings. The Hall–Kier alpha value is -1.78. The minimum atomic E-state index is -0.433. The largest absolute Gasteiger partial charge is 0.467 e. The average molecular weight is 248 g/mol. The van der Waals surface area contributed by atoms with Crippen LogP contribution in [-0.4, -0.2) is 28.8 Å². The second kappa shape index (κ2) is 4.15. The molecule has 1 saturated carbocycles. The molecule has 0 aromatic carbocycles. The molecule has 0 bridgehead atoms. The van der Waals surface area contributed by atoms with Crippen LogP contribution in [0.1, 0.15) is 25.5 Å². The van der Waals surface area contributed by atoms with Crippen molar-refractivity contribution in [2.45, 2.75) is 38.4 Å². The lowest BCUT2D eigenvalue weighted by atomic mass is 10.0. The second-order valence-electron chi connectivity index (χ2n) is 5.05. The Morgan fingerprint density at radius 2 is 2.22 bits per heavy atom. The predicted octanol–water partition coefficient (Wildman–Crippen LogP) is 0.905. The summed E-state index contributed by atoms with van der Waals surface area (Å²) < 4.78 is 5.25. The maximum atomic E-state index is 12.4. The minimum Gasteiger partial charge on any atom is -0.467 e. The van der Waals surface area contributed by atoms with Crippen molar-refractivity contribution in [1.82, 2.24) is 10.2 Å². The van der Waals surface area contributed by atoms with Gasteiger partial charge in [0.2, 0.25) is 11.8 Å². The lowest BCUT2D eigenvalue weighted by Gasteiger charge is -2.37. The topological polar surface area (TPSA) is 62.6 Å². The van der Waals surface area contributed by atoms with Gasteiger partial charge in [-0.25, -0.2) is 0 Å². The Balaban J connectivity index is 1.80. The lowest BCUT2D eigenvalue weighted by Crippen LogP contribution is -2.62. The van der Waals surface area contributed by atoms with Crippen LogP contribution < -0.4 is 5.32 Å². The summed E-state index contributed by atoms with van der Waals surface area (Å²) in [6.45, 7) is 2.11. The highest BCUT2D eigenvalue weighted by Gasteiger charge is 2.45. The zero-order chi connectivity index (χ0) is 12.7.